The highest BCUT2D eigenvalue weighted by atomic mass is 32.2. The summed E-state index contributed by atoms with van der Waals surface area (Å²) in [6.07, 6.45) is 0.998. The maximum absolute atomic E-state index is 12.0. The molecule has 0 aliphatic rings. The van der Waals surface area contributed by atoms with Gasteiger partial charge in [0.15, 0.2) is 5.76 Å². The number of hydrogen-bond acceptors (Lipinski definition) is 4. The summed E-state index contributed by atoms with van der Waals surface area (Å²) in [5.74, 6) is -3.87. The molecule has 1 heterocycles. The number of hydrogen-bond donors (Lipinski definition) is 2. The molecule has 1 aromatic rings. The van der Waals surface area contributed by atoms with Crippen LogP contribution in [0.3, 0.4) is 0 Å². The lowest BCUT2D eigenvalue weighted by atomic mass is 10.1. The van der Waals surface area contributed by atoms with Crippen molar-refractivity contribution in [3.8, 4) is 0 Å². The van der Waals surface area contributed by atoms with Crippen LogP contribution in [-0.2, 0) is 10.5 Å². The van der Waals surface area contributed by atoms with E-state index in [1.807, 2.05) is 0 Å². The van der Waals surface area contributed by atoms with E-state index in [9.17, 15) is 18.4 Å². The number of carbonyl (C=O) groups is 2. The van der Waals surface area contributed by atoms with Crippen LogP contribution in [0.4, 0.5) is 8.78 Å². The van der Waals surface area contributed by atoms with Crippen LogP contribution in [0.1, 0.15) is 36.1 Å². The largest absolute Gasteiger partial charge is 0.481 e. The highest BCUT2D eigenvalue weighted by Crippen LogP contribution is 2.21. The van der Waals surface area contributed by atoms with Gasteiger partial charge in [-0.2, -0.15) is 8.78 Å². The van der Waals surface area contributed by atoms with E-state index in [1.165, 1.54) is 12.1 Å². The first-order valence-corrected chi connectivity index (χ1v) is 7.44. The second-order valence-corrected chi connectivity index (χ2v) is 5.45. The van der Waals surface area contributed by atoms with Gasteiger partial charge >= 0.3 is 5.97 Å². The summed E-state index contributed by atoms with van der Waals surface area (Å²) in [5, 5.41) is 11.3. The lowest BCUT2D eigenvalue weighted by Gasteiger charge is -2.06. The number of alkyl halides is 2. The third kappa shape index (κ3) is 6.61. The van der Waals surface area contributed by atoms with E-state index in [1.54, 1.807) is 6.92 Å². The number of furan rings is 1. The molecule has 0 aromatic carbocycles. The monoisotopic (exact) mass is 321 g/mol. The fraction of sp³-hybridized carbons (Fsp3) is 0.538. The smallest absolute Gasteiger partial charge is 0.306 e. The van der Waals surface area contributed by atoms with Crippen molar-refractivity contribution >= 4 is 23.6 Å². The van der Waals surface area contributed by atoms with Gasteiger partial charge in [-0.15, -0.1) is 0 Å². The van der Waals surface area contributed by atoms with Crippen LogP contribution >= 0.6 is 11.8 Å². The molecule has 8 heteroatoms. The van der Waals surface area contributed by atoms with Gasteiger partial charge in [-0.25, -0.2) is 0 Å². The molecule has 1 aromatic heterocycles. The molecular formula is C13H17F2NO4S. The van der Waals surface area contributed by atoms with Crippen LogP contribution in [-0.4, -0.2) is 29.3 Å². The highest BCUT2D eigenvalue weighted by molar-refractivity contribution is 7.98. The molecule has 118 valence electrons. The van der Waals surface area contributed by atoms with Gasteiger partial charge in [0.25, 0.3) is 11.7 Å². The molecule has 0 saturated carbocycles. The van der Waals surface area contributed by atoms with E-state index in [-0.39, 0.29) is 11.5 Å². The van der Waals surface area contributed by atoms with Crippen molar-refractivity contribution in [2.24, 2.45) is 5.92 Å². The Morgan fingerprint density at radius 2 is 2.14 bits per heavy atom. The Balaban J connectivity index is 2.30. The van der Waals surface area contributed by atoms with Gasteiger partial charge < -0.3 is 14.8 Å². The summed E-state index contributed by atoms with van der Waals surface area (Å²) in [4.78, 5) is 22.3. The number of carbonyl (C=O) groups excluding carboxylic acids is 1. The van der Waals surface area contributed by atoms with Crippen molar-refractivity contribution in [2.75, 3.05) is 6.54 Å². The summed E-state index contributed by atoms with van der Waals surface area (Å²) in [6, 6.07) is 2.91. The van der Waals surface area contributed by atoms with Crippen LogP contribution in [0.25, 0.3) is 0 Å². The van der Waals surface area contributed by atoms with Gasteiger partial charge in [-0.3, -0.25) is 9.59 Å². The number of aliphatic carboxylic acids is 1. The summed E-state index contributed by atoms with van der Waals surface area (Å²) in [5.41, 5.74) is 0. The molecule has 5 nitrogen and oxygen atoms in total. The molecule has 21 heavy (non-hydrogen) atoms. The maximum Gasteiger partial charge on any atom is 0.306 e. The molecular weight excluding hydrogens is 304 g/mol. The second-order valence-electron chi connectivity index (χ2n) is 4.48. The van der Waals surface area contributed by atoms with Gasteiger partial charge in [0.1, 0.15) is 5.76 Å². The van der Waals surface area contributed by atoms with Crippen molar-refractivity contribution in [3.05, 3.63) is 23.7 Å². The van der Waals surface area contributed by atoms with Crippen molar-refractivity contribution in [1.82, 2.24) is 5.32 Å². The Bertz CT molecular complexity index is 478. The van der Waals surface area contributed by atoms with Gasteiger partial charge in [-0.05, 0) is 25.0 Å². The first-order valence-electron chi connectivity index (χ1n) is 6.39. The number of carboxylic acids is 1. The molecule has 0 aliphatic carbocycles. The predicted octanol–water partition coefficient (Wildman–Crippen LogP) is 2.97. The summed E-state index contributed by atoms with van der Waals surface area (Å²) >= 11 is 0.422. The number of thioether (sulfide) groups is 1. The third-order valence-electron chi connectivity index (χ3n) is 2.76. The first kappa shape index (κ1) is 17.5. The van der Waals surface area contributed by atoms with Gasteiger partial charge in [0.2, 0.25) is 0 Å². The Kier molecular flexibility index (Phi) is 7.21. The minimum absolute atomic E-state index is 0.00106. The molecule has 0 spiro atoms. The van der Waals surface area contributed by atoms with Crippen LogP contribution < -0.4 is 5.32 Å². The molecule has 1 rings (SSSR count). The van der Waals surface area contributed by atoms with Crippen LogP contribution in [0.15, 0.2) is 16.5 Å². The minimum Gasteiger partial charge on any atom is -0.481 e. The molecule has 0 bridgehead atoms. The molecule has 1 amide bonds. The minimum atomic E-state index is -2.48. The fourth-order valence-electron chi connectivity index (χ4n) is 1.54. The molecule has 1 unspecified atom stereocenters. The predicted molar refractivity (Wildman–Crippen MR) is 74.4 cm³/mol. The zero-order valence-corrected chi connectivity index (χ0v) is 12.3. The van der Waals surface area contributed by atoms with E-state index in [0.29, 0.717) is 36.9 Å². The van der Waals surface area contributed by atoms with E-state index in [0.717, 1.165) is 0 Å². The summed E-state index contributed by atoms with van der Waals surface area (Å²) in [6.45, 7) is 1.93. The number of nitrogens with one attached hydrogen (secondary N) is 1. The lowest BCUT2D eigenvalue weighted by Crippen LogP contribution is -2.24. The fourth-order valence-corrected chi connectivity index (χ4v) is 1.99. The van der Waals surface area contributed by atoms with E-state index >= 15 is 0 Å². The Labute approximate surface area is 125 Å². The van der Waals surface area contributed by atoms with Crippen LogP contribution in [0.5, 0.6) is 0 Å². The topological polar surface area (TPSA) is 79.5 Å². The summed E-state index contributed by atoms with van der Waals surface area (Å²) in [7, 11) is 0. The Morgan fingerprint density at radius 3 is 2.76 bits per heavy atom. The Hall–Kier alpha value is -1.57. The number of halogens is 2. The van der Waals surface area contributed by atoms with Gasteiger partial charge in [-0.1, -0.05) is 18.7 Å². The van der Waals surface area contributed by atoms with Crippen LogP contribution in [0.2, 0.25) is 0 Å². The van der Waals surface area contributed by atoms with Gasteiger partial charge in [0, 0.05) is 6.54 Å². The zero-order valence-electron chi connectivity index (χ0n) is 11.5. The third-order valence-corrected chi connectivity index (χ3v) is 3.46. The second kappa shape index (κ2) is 8.66. The quantitative estimate of drug-likeness (QED) is 0.684. The molecule has 0 fully saturated rings. The number of amides is 1. The zero-order chi connectivity index (χ0) is 15.8. The Morgan fingerprint density at radius 1 is 1.43 bits per heavy atom. The molecule has 2 N–H and O–H groups in total. The molecule has 0 radical (unpaired) electrons. The number of rotatable bonds is 9. The molecule has 1 atom stereocenters. The van der Waals surface area contributed by atoms with E-state index < -0.39 is 23.6 Å². The van der Waals surface area contributed by atoms with E-state index in [4.69, 9.17) is 9.52 Å². The first-order chi connectivity index (χ1) is 9.90. The van der Waals surface area contributed by atoms with Crippen molar-refractivity contribution in [2.45, 2.75) is 31.3 Å². The molecule has 0 saturated heterocycles. The number of carboxylic acid groups (broad SMARTS) is 1. The van der Waals surface area contributed by atoms with Crippen LogP contribution in [0, 0.1) is 5.92 Å². The standard InChI is InChI=1S/C13H17F2NO4S/c1-8(12(18)19)3-2-6-16-11(17)10-5-4-9(20-10)7-21-13(14)15/h4-5,8,13H,2-3,6-7H2,1H3,(H,16,17)(H,18,19). The highest BCUT2D eigenvalue weighted by Gasteiger charge is 2.13. The van der Waals surface area contributed by atoms with Crippen molar-refractivity contribution in [3.63, 3.8) is 0 Å². The maximum atomic E-state index is 12.0. The van der Waals surface area contributed by atoms with Crippen molar-refractivity contribution in [1.29, 1.82) is 0 Å². The lowest BCUT2D eigenvalue weighted by molar-refractivity contribution is -0.141. The van der Waals surface area contributed by atoms with Crippen molar-refractivity contribution < 1.29 is 27.9 Å². The summed E-state index contributed by atoms with van der Waals surface area (Å²) < 4.78 is 29.2. The average molecular weight is 321 g/mol. The molecule has 0 aliphatic heterocycles. The normalized spacial score (nSPS) is 12.4. The van der Waals surface area contributed by atoms with Gasteiger partial charge in [0.05, 0.1) is 11.7 Å². The average Bonchev–Trinajstić information content (AvgIpc) is 2.89. The SMILES string of the molecule is CC(CCCNC(=O)c1ccc(CSC(F)F)o1)C(=O)O. The van der Waals surface area contributed by atoms with E-state index in [2.05, 4.69) is 5.32 Å².